The van der Waals surface area contributed by atoms with Crippen molar-refractivity contribution in [3.8, 4) is 17.6 Å². The third kappa shape index (κ3) is 7.78. The molecule has 0 bridgehead atoms. The van der Waals surface area contributed by atoms with Gasteiger partial charge in [-0.1, -0.05) is 34.6 Å². The number of hydrogen-bond acceptors (Lipinski definition) is 12. The number of benzene rings is 2. The van der Waals surface area contributed by atoms with Gasteiger partial charge in [-0.25, -0.2) is 9.97 Å². The lowest BCUT2D eigenvalue weighted by atomic mass is 9.49. The second kappa shape index (κ2) is 16.4. The van der Waals surface area contributed by atoms with Gasteiger partial charge in [0.05, 0.1) is 28.3 Å². The number of aromatic nitrogens is 2. The monoisotopic (exact) mass is 844 g/mol. The Kier molecular flexibility index (Phi) is 11.3. The minimum atomic E-state index is -1.00. The van der Waals surface area contributed by atoms with Gasteiger partial charge in [-0.05, 0) is 87.0 Å². The smallest absolute Gasteiger partial charge is 0.262 e. The van der Waals surface area contributed by atoms with Gasteiger partial charge in [0.2, 0.25) is 17.8 Å². The van der Waals surface area contributed by atoms with Crippen molar-refractivity contribution in [2.24, 2.45) is 16.7 Å². The molecule has 3 aromatic rings. The van der Waals surface area contributed by atoms with Gasteiger partial charge in [-0.2, -0.15) is 5.26 Å². The number of rotatable bonds is 12. The standard InChI is InChI=1S/C47H56N8O7/c1-8-53(30-19-33(20-30)61-31-9-10-34-35(21-31)42(60)55(41(34)59)37-11-12-38(56)51-40(37)58)25-28-13-15-54(16-14-28)45-49-23-29(24-50-45)39(57)52-43-46(4,5)44(47(43,6)7)62-32-17-26(2)36(22-48)27(3)18-32/h9-10,17-18,21,23-24,28,30,33,37,43-44H,8,11-16,19-20,25H2,1-7H3,(H,52,57)(H,51,56,58). The number of aryl methyl sites for hydroxylation is 2. The van der Waals surface area contributed by atoms with Gasteiger partial charge in [-0.3, -0.25) is 34.2 Å². The second-order valence-electron chi connectivity index (χ2n) is 18.9. The second-order valence-corrected chi connectivity index (χ2v) is 18.9. The third-order valence-corrected chi connectivity index (χ3v) is 14.0. The minimum absolute atomic E-state index is 0.0129. The van der Waals surface area contributed by atoms with E-state index in [4.69, 9.17) is 9.47 Å². The average Bonchev–Trinajstić information content (AvgIpc) is 3.47. The number of fused-ring (bicyclic) bond motifs is 1. The Morgan fingerprint density at radius 2 is 1.56 bits per heavy atom. The quantitative estimate of drug-likeness (QED) is 0.230. The van der Waals surface area contributed by atoms with Crippen LogP contribution in [0.3, 0.4) is 0 Å². The van der Waals surface area contributed by atoms with Gasteiger partial charge < -0.3 is 24.6 Å². The lowest BCUT2D eigenvalue weighted by molar-refractivity contribution is -0.164. The van der Waals surface area contributed by atoms with E-state index in [0.717, 1.165) is 73.6 Å². The zero-order chi connectivity index (χ0) is 44.2. The summed E-state index contributed by atoms with van der Waals surface area (Å²) < 4.78 is 12.8. The molecule has 3 aliphatic heterocycles. The molecule has 2 N–H and O–H groups in total. The van der Waals surface area contributed by atoms with Crippen LogP contribution >= 0.6 is 0 Å². The molecule has 0 spiro atoms. The molecule has 5 aliphatic rings. The highest BCUT2D eigenvalue weighted by Crippen LogP contribution is 2.55. The molecule has 2 saturated heterocycles. The topological polar surface area (TPSA) is 187 Å². The van der Waals surface area contributed by atoms with Crippen LogP contribution in [0.15, 0.2) is 42.7 Å². The number of piperidine rings is 2. The van der Waals surface area contributed by atoms with Crippen molar-refractivity contribution in [3.63, 3.8) is 0 Å². The van der Waals surface area contributed by atoms with Crippen molar-refractivity contribution < 1.29 is 33.4 Å². The number of hydrogen-bond donors (Lipinski definition) is 2. The molecule has 2 aromatic carbocycles. The van der Waals surface area contributed by atoms with Gasteiger partial charge in [0.15, 0.2) is 0 Å². The zero-order valence-corrected chi connectivity index (χ0v) is 36.6. The largest absolute Gasteiger partial charge is 0.490 e. The summed E-state index contributed by atoms with van der Waals surface area (Å²) in [7, 11) is 0. The highest BCUT2D eigenvalue weighted by atomic mass is 16.5. The van der Waals surface area contributed by atoms with Gasteiger partial charge >= 0.3 is 0 Å². The SMILES string of the molecule is CCN(CC1CCN(c2ncc(C(=O)NC3C(C)(C)C(Oc4cc(C)c(C#N)c(C)c4)C3(C)C)cn2)CC1)C1CC(Oc2ccc3c(c2)C(=O)N(C2CCC(=O)NC2=O)C3=O)C1. The summed E-state index contributed by atoms with van der Waals surface area (Å²) >= 11 is 0. The maximum absolute atomic E-state index is 13.5. The molecule has 2 aliphatic carbocycles. The Morgan fingerprint density at radius 3 is 2.18 bits per heavy atom. The summed E-state index contributed by atoms with van der Waals surface area (Å²) in [5.74, 6) is 0.0556. The molecule has 4 fully saturated rings. The Bertz CT molecular complexity index is 2300. The summed E-state index contributed by atoms with van der Waals surface area (Å²) in [6.07, 6.45) is 6.96. The van der Waals surface area contributed by atoms with Gasteiger partial charge in [0.1, 0.15) is 29.7 Å². The van der Waals surface area contributed by atoms with E-state index >= 15 is 0 Å². The van der Waals surface area contributed by atoms with E-state index in [9.17, 15) is 29.2 Å². The van der Waals surface area contributed by atoms with Crippen molar-refractivity contribution in [3.05, 3.63) is 76.1 Å². The Balaban J connectivity index is 0.785. The first kappa shape index (κ1) is 42.8. The van der Waals surface area contributed by atoms with Crippen molar-refractivity contribution in [2.45, 2.75) is 117 Å². The van der Waals surface area contributed by atoms with Crippen LogP contribution in [0.25, 0.3) is 0 Å². The van der Waals surface area contributed by atoms with Crippen LogP contribution in [0.4, 0.5) is 5.95 Å². The summed E-state index contributed by atoms with van der Waals surface area (Å²) in [4.78, 5) is 78.8. The normalized spacial score (nSPS) is 25.4. The summed E-state index contributed by atoms with van der Waals surface area (Å²) in [5, 5.41) is 15.0. The molecule has 2 saturated carbocycles. The van der Waals surface area contributed by atoms with Gasteiger partial charge in [0.25, 0.3) is 17.7 Å². The van der Waals surface area contributed by atoms with E-state index in [-0.39, 0.29) is 59.0 Å². The molecule has 0 radical (unpaired) electrons. The van der Waals surface area contributed by atoms with Crippen LogP contribution in [0.2, 0.25) is 0 Å². The Hall–Kier alpha value is -5.88. The van der Waals surface area contributed by atoms with Crippen molar-refractivity contribution in [2.75, 3.05) is 31.1 Å². The maximum Gasteiger partial charge on any atom is 0.262 e. The molecule has 326 valence electrons. The molecule has 15 heteroatoms. The molecular formula is C47H56N8O7. The van der Waals surface area contributed by atoms with E-state index in [2.05, 4.69) is 71.1 Å². The first-order chi connectivity index (χ1) is 29.5. The van der Waals surface area contributed by atoms with Crippen LogP contribution in [-0.2, 0) is 9.59 Å². The summed E-state index contributed by atoms with van der Waals surface area (Å²) in [5.41, 5.74) is 2.57. The highest BCUT2D eigenvalue weighted by Gasteiger charge is 2.64. The fourth-order valence-corrected chi connectivity index (χ4v) is 10.8. The molecule has 8 rings (SSSR count). The molecule has 5 amide bonds. The number of nitrogens with zero attached hydrogens (tertiary/aromatic N) is 6. The van der Waals surface area contributed by atoms with Gasteiger partial charge in [0, 0.05) is 74.2 Å². The molecule has 15 nitrogen and oxygen atoms in total. The van der Waals surface area contributed by atoms with Crippen LogP contribution in [0, 0.1) is 41.9 Å². The predicted octanol–water partition coefficient (Wildman–Crippen LogP) is 5.13. The van der Waals surface area contributed by atoms with Crippen LogP contribution in [0.1, 0.15) is 121 Å². The molecule has 1 unspecified atom stereocenters. The lowest BCUT2D eigenvalue weighted by Crippen LogP contribution is -2.74. The Labute approximate surface area is 362 Å². The molecule has 1 atom stereocenters. The highest BCUT2D eigenvalue weighted by molar-refractivity contribution is 6.23. The third-order valence-electron chi connectivity index (χ3n) is 14.0. The van der Waals surface area contributed by atoms with Crippen molar-refractivity contribution in [1.29, 1.82) is 5.26 Å². The zero-order valence-electron chi connectivity index (χ0n) is 36.6. The number of carbonyl (C=O) groups excluding carboxylic acids is 5. The first-order valence-corrected chi connectivity index (χ1v) is 21.8. The maximum atomic E-state index is 13.5. The minimum Gasteiger partial charge on any atom is -0.490 e. The number of anilines is 1. The molecule has 4 heterocycles. The number of ether oxygens (including phenoxy) is 2. The average molecular weight is 845 g/mol. The van der Waals surface area contributed by atoms with E-state index in [1.54, 1.807) is 30.6 Å². The number of imide groups is 2. The fourth-order valence-electron chi connectivity index (χ4n) is 10.8. The van der Waals surface area contributed by atoms with E-state index in [0.29, 0.717) is 34.8 Å². The molecular weight excluding hydrogens is 789 g/mol. The Morgan fingerprint density at radius 1 is 0.919 bits per heavy atom. The van der Waals surface area contributed by atoms with Crippen LogP contribution < -0.4 is 25.0 Å². The van der Waals surface area contributed by atoms with E-state index in [1.807, 2.05) is 26.0 Å². The number of carbonyl (C=O) groups is 5. The van der Waals surface area contributed by atoms with Crippen LogP contribution in [-0.4, -0.2) is 106 Å². The van der Waals surface area contributed by atoms with Crippen molar-refractivity contribution in [1.82, 2.24) is 30.4 Å². The molecule has 1 aromatic heterocycles. The summed E-state index contributed by atoms with van der Waals surface area (Å²) in [6, 6.07) is 10.2. The van der Waals surface area contributed by atoms with Gasteiger partial charge in [-0.15, -0.1) is 0 Å². The van der Waals surface area contributed by atoms with Crippen molar-refractivity contribution >= 4 is 35.5 Å². The summed E-state index contributed by atoms with van der Waals surface area (Å²) in [6.45, 7) is 18.0. The number of nitrogens with one attached hydrogen (secondary N) is 2. The van der Waals surface area contributed by atoms with E-state index < -0.39 is 29.7 Å². The number of amides is 5. The van der Waals surface area contributed by atoms with E-state index in [1.165, 1.54) is 0 Å². The lowest BCUT2D eigenvalue weighted by Gasteiger charge is -2.63. The predicted molar refractivity (Wildman–Crippen MR) is 229 cm³/mol. The first-order valence-electron chi connectivity index (χ1n) is 21.8. The fraction of sp³-hybridized carbons (Fsp3) is 0.532. The number of nitriles is 1. The molecule has 62 heavy (non-hydrogen) atoms. The van der Waals surface area contributed by atoms with Crippen LogP contribution in [0.5, 0.6) is 11.5 Å².